The zero-order valence-corrected chi connectivity index (χ0v) is 15.0. The zero-order chi connectivity index (χ0) is 18.5. The normalized spacial score (nSPS) is 12.2. The van der Waals surface area contributed by atoms with Gasteiger partial charge >= 0.3 is 0 Å². The number of aldehydes is 1. The van der Waals surface area contributed by atoms with Crippen LogP contribution in [0.4, 0.5) is 0 Å². The number of nitrogens with two attached hydrogens (primary N) is 1. The van der Waals surface area contributed by atoms with Gasteiger partial charge in [-0.25, -0.2) is 0 Å². The third-order valence-corrected chi connectivity index (χ3v) is 4.38. The number of benzene rings is 1. The minimum absolute atomic E-state index is 0.216. The molecule has 5 heteroatoms. The van der Waals surface area contributed by atoms with Crippen molar-refractivity contribution in [1.29, 1.82) is 0 Å². The summed E-state index contributed by atoms with van der Waals surface area (Å²) in [5.74, 6) is -0.668. The van der Waals surface area contributed by atoms with E-state index in [9.17, 15) is 14.4 Å². The first-order chi connectivity index (χ1) is 11.0. The van der Waals surface area contributed by atoms with Gasteiger partial charge in [0.05, 0.1) is 0 Å². The van der Waals surface area contributed by atoms with Gasteiger partial charge in [0.25, 0.3) is 0 Å². The van der Waals surface area contributed by atoms with E-state index in [1.807, 2.05) is 26.0 Å². The van der Waals surface area contributed by atoms with Crippen molar-refractivity contribution in [2.24, 2.45) is 5.73 Å². The summed E-state index contributed by atoms with van der Waals surface area (Å²) in [5.41, 5.74) is 6.17. The molecule has 0 aliphatic rings. The van der Waals surface area contributed by atoms with E-state index in [-0.39, 0.29) is 11.3 Å². The van der Waals surface area contributed by atoms with E-state index in [0.717, 1.165) is 5.56 Å². The van der Waals surface area contributed by atoms with E-state index >= 15 is 0 Å². The van der Waals surface area contributed by atoms with E-state index in [1.165, 1.54) is 12.2 Å². The molecule has 0 atom stereocenters. The van der Waals surface area contributed by atoms with Crippen LogP contribution in [0.1, 0.15) is 50.0 Å². The summed E-state index contributed by atoms with van der Waals surface area (Å²) in [6.07, 6.45) is 3.75. The van der Waals surface area contributed by atoms with Crippen LogP contribution in [0.25, 0.3) is 0 Å². The number of hydrogen-bond acceptors (Lipinski definition) is 3. The summed E-state index contributed by atoms with van der Waals surface area (Å²) in [5, 5.41) is 0. The Morgan fingerprint density at radius 3 is 2.12 bits per heavy atom. The molecule has 2 amide bonds. The maximum Gasteiger partial charge on any atom is 0.248 e. The van der Waals surface area contributed by atoms with Crippen molar-refractivity contribution in [2.75, 3.05) is 7.05 Å². The third-order valence-electron chi connectivity index (χ3n) is 4.38. The first-order valence-electron chi connectivity index (χ1n) is 7.81. The van der Waals surface area contributed by atoms with Crippen LogP contribution in [-0.2, 0) is 15.0 Å². The molecule has 0 saturated carbocycles. The number of primary amides is 1. The van der Waals surface area contributed by atoms with Gasteiger partial charge in [-0.3, -0.25) is 14.4 Å². The van der Waals surface area contributed by atoms with Gasteiger partial charge in [0.15, 0.2) is 0 Å². The predicted octanol–water partition coefficient (Wildman–Crippen LogP) is 2.45. The lowest BCUT2D eigenvalue weighted by Gasteiger charge is -2.41. The smallest absolute Gasteiger partial charge is 0.248 e. The lowest BCUT2D eigenvalue weighted by Crippen LogP contribution is -2.47. The molecule has 130 valence electrons. The summed E-state index contributed by atoms with van der Waals surface area (Å²) in [7, 11) is 1.73. The molecule has 1 rings (SSSR count). The van der Waals surface area contributed by atoms with Gasteiger partial charge < -0.3 is 10.6 Å². The number of carbonyl (C=O) groups is 3. The van der Waals surface area contributed by atoms with Crippen LogP contribution in [0, 0.1) is 0 Å². The van der Waals surface area contributed by atoms with Crippen molar-refractivity contribution < 1.29 is 14.4 Å². The number of allylic oxidation sites excluding steroid dienone is 1. The van der Waals surface area contributed by atoms with E-state index in [4.69, 9.17) is 5.73 Å². The van der Waals surface area contributed by atoms with E-state index < -0.39 is 11.4 Å². The fourth-order valence-electron chi connectivity index (χ4n) is 2.92. The molecule has 1 aromatic rings. The summed E-state index contributed by atoms with van der Waals surface area (Å²) < 4.78 is 0. The highest BCUT2D eigenvalue weighted by Gasteiger charge is 2.34. The Labute approximate surface area is 143 Å². The number of rotatable bonds is 7. The molecule has 0 saturated heterocycles. The van der Waals surface area contributed by atoms with Crippen molar-refractivity contribution in [3.63, 3.8) is 0 Å². The Balaban J connectivity index is 2.98. The number of carbonyl (C=O) groups excluding carboxylic acids is 3. The largest absolute Gasteiger partial charge is 0.366 e. The molecule has 5 nitrogen and oxygen atoms in total. The van der Waals surface area contributed by atoms with Gasteiger partial charge in [0.1, 0.15) is 6.29 Å². The third kappa shape index (κ3) is 4.78. The van der Waals surface area contributed by atoms with Crippen LogP contribution in [0.2, 0.25) is 0 Å². The van der Waals surface area contributed by atoms with E-state index in [2.05, 4.69) is 13.8 Å². The molecule has 0 unspecified atom stereocenters. The molecule has 0 aliphatic heterocycles. The molecule has 24 heavy (non-hydrogen) atoms. The maximum absolute atomic E-state index is 12.1. The van der Waals surface area contributed by atoms with Crippen molar-refractivity contribution in [3.8, 4) is 0 Å². The van der Waals surface area contributed by atoms with Crippen LogP contribution in [0.5, 0.6) is 0 Å². The fourth-order valence-corrected chi connectivity index (χ4v) is 2.92. The summed E-state index contributed by atoms with van der Waals surface area (Å²) >= 11 is 0. The second-order valence-electron chi connectivity index (χ2n) is 7.21. The van der Waals surface area contributed by atoms with Crippen LogP contribution in [0.15, 0.2) is 36.4 Å². The molecule has 1 aromatic carbocycles. The molecular formula is C19H26N2O3. The number of likely N-dealkylation sites (N-methyl/N-ethyl adjacent to an activating group) is 1. The van der Waals surface area contributed by atoms with Gasteiger partial charge in [-0.2, -0.15) is 0 Å². The predicted molar refractivity (Wildman–Crippen MR) is 94.7 cm³/mol. The number of nitrogens with zero attached hydrogens (tertiary/aromatic N) is 1. The zero-order valence-electron chi connectivity index (χ0n) is 15.0. The first kappa shape index (κ1) is 19.6. The van der Waals surface area contributed by atoms with E-state index in [0.29, 0.717) is 18.3 Å². The second-order valence-corrected chi connectivity index (χ2v) is 7.21. The summed E-state index contributed by atoms with van der Waals surface area (Å²) in [4.78, 5) is 35.3. The van der Waals surface area contributed by atoms with E-state index in [1.54, 1.807) is 24.1 Å². The van der Waals surface area contributed by atoms with Crippen LogP contribution in [0.3, 0.4) is 0 Å². The summed E-state index contributed by atoms with van der Waals surface area (Å²) in [6.45, 7) is 8.15. The van der Waals surface area contributed by atoms with Gasteiger partial charge in [-0.05, 0) is 49.5 Å². The van der Waals surface area contributed by atoms with Gasteiger partial charge in [-0.15, -0.1) is 0 Å². The highest BCUT2D eigenvalue weighted by molar-refractivity contribution is 5.92. The lowest BCUT2D eigenvalue weighted by molar-refractivity contribution is -0.130. The molecular weight excluding hydrogens is 304 g/mol. The fraction of sp³-hybridized carbons (Fsp3) is 0.421. The molecule has 0 spiro atoms. The topological polar surface area (TPSA) is 80.5 Å². The molecule has 2 N–H and O–H groups in total. The standard InChI is InChI=1S/C19H26N2O3/c1-18(2,15-10-8-14(9-11-15)17(20)24)13-19(3,4)21(5)16(23)7-6-12-22/h6-12H,13H2,1-5H3,(H2,20,24)/b7-6-. The lowest BCUT2D eigenvalue weighted by atomic mass is 9.74. The van der Waals surface area contributed by atoms with Gasteiger partial charge in [0, 0.05) is 24.2 Å². The minimum atomic E-state index is -0.452. The maximum atomic E-state index is 12.1. The van der Waals surface area contributed by atoms with Crippen LogP contribution >= 0.6 is 0 Å². The summed E-state index contributed by atoms with van der Waals surface area (Å²) in [6, 6.07) is 7.22. The highest BCUT2D eigenvalue weighted by atomic mass is 16.2. The Bertz CT molecular complexity index is 643. The molecule has 0 radical (unpaired) electrons. The van der Waals surface area contributed by atoms with Gasteiger partial charge in [-0.1, -0.05) is 26.0 Å². The van der Waals surface area contributed by atoms with Crippen molar-refractivity contribution in [2.45, 2.75) is 45.1 Å². The van der Waals surface area contributed by atoms with Crippen molar-refractivity contribution in [3.05, 3.63) is 47.5 Å². The monoisotopic (exact) mass is 330 g/mol. The number of amides is 2. The van der Waals surface area contributed by atoms with Crippen LogP contribution in [-0.4, -0.2) is 35.6 Å². The molecule has 0 aromatic heterocycles. The second kappa shape index (κ2) is 7.43. The number of hydrogen-bond donors (Lipinski definition) is 1. The molecule has 0 fully saturated rings. The molecule has 0 bridgehead atoms. The molecule has 0 aliphatic carbocycles. The van der Waals surface area contributed by atoms with Crippen LogP contribution < -0.4 is 5.73 Å². The van der Waals surface area contributed by atoms with Crippen molar-refractivity contribution >= 4 is 18.1 Å². The Morgan fingerprint density at radius 1 is 1.12 bits per heavy atom. The minimum Gasteiger partial charge on any atom is -0.366 e. The quantitative estimate of drug-likeness (QED) is 0.616. The SMILES string of the molecule is CN(C(=O)/C=C\C=O)C(C)(C)CC(C)(C)c1ccc(C(N)=O)cc1. The first-order valence-corrected chi connectivity index (χ1v) is 7.81. The Morgan fingerprint density at radius 2 is 1.67 bits per heavy atom. The average molecular weight is 330 g/mol. The van der Waals surface area contributed by atoms with Gasteiger partial charge in [0.2, 0.25) is 11.8 Å². The Kier molecular flexibility index (Phi) is 6.07. The highest BCUT2D eigenvalue weighted by Crippen LogP contribution is 2.34. The molecule has 0 heterocycles. The Hall–Kier alpha value is -2.43. The average Bonchev–Trinajstić information content (AvgIpc) is 2.50. The van der Waals surface area contributed by atoms with Crippen molar-refractivity contribution in [1.82, 2.24) is 4.90 Å².